The van der Waals surface area contributed by atoms with Gasteiger partial charge in [0.15, 0.2) is 5.69 Å². The van der Waals surface area contributed by atoms with E-state index in [-0.39, 0.29) is 23.3 Å². The predicted molar refractivity (Wildman–Crippen MR) is 107 cm³/mol. The zero-order valence-corrected chi connectivity index (χ0v) is 16.1. The Bertz CT molecular complexity index is 1060. The molecule has 0 unspecified atom stereocenters. The smallest absolute Gasteiger partial charge is 0.276 e. The molecule has 0 fully saturated rings. The van der Waals surface area contributed by atoms with Gasteiger partial charge in [-0.25, -0.2) is 4.39 Å². The molecule has 29 heavy (non-hydrogen) atoms. The molecule has 1 N–H and O–H groups in total. The quantitative estimate of drug-likeness (QED) is 0.737. The molecule has 3 aromatic rings. The van der Waals surface area contributed by atoms with Crippen LogP contribution in [0.4, 0.5) is 10.1 Å². The van der Waals surface area contributed by atoms with Crippen molar-refractivity contribution in [2.45, 2.75) is 26.4 Å². The number of carbonyl (C=O) groups excluding carboxylic acids is 2. The predicted octanol–water partition coefficient (Wildman–Crippen LogP) is 3.63. The molecule has 0 saturated heterocycles. The molecule has 2 amide bonds. The largest absolute Gasteiger partial charge is 0.333 e. The van der Waals surface area contributed by atoms with Crippen molar-refractivity contribution in [3.63, 3.8) is 0 Å². The number of aromatic nitrogens is 2. The van der Waals surface area contributed by atoms with Crippen LogP contribution in [0.2, 0.25) is 0 Å². The van der Waals surface area contributed by atoms with Crippen LogP contribution >= 0.6 is 0 Å². The first-order valence-electron chi connectivity index (χ1n) is 9.49. The van der Waals surface area contributed by atoms with Crippen molar-refractivity contribution in [1.82, 2.24) is 14.7 Å². The number of hydrogen-bond donors (Lipinski definition) is 1. The highest BCUT2D eigenvalue weighted by Crippen LogP contribution is 2.18. The molecule has 0 atom stereocenters. The minimum Gasteiger partial charge on any atom is -0.333 e. The van der Waals surface area contributed by atoms with Gasteiger partial charge in [-0.3, -0.25) is 14.3 Å². The van der Waals surface area contributed by atoms with Gasteiger partial charge in [-0.1, -0.05) is 24.3 Å². The summed E-state index contributed by atoms with van der Waals surface area (Å²) in [5, 5.41) is 7.16. The van der Waals surface area contributed by atoms with Gasteiger partial charge in [0.2, 0.25) is 0 Å². The monoisotopic (exact) mass is 392 g/mol. The Morgan fingerprint density at radius 1 is 1.14 bits per heavy atom. The van der Waals surface area contributed by atoms with Gasteiger partial charge >= 0.3 is 0 Å². The van der Waals surface area contributed by atoms with E-state index in [2.05, 4.69) is 10.4 Å². The van der Waals surface area contributed by atoms with E-state index < -0.39 is 0 Å². The van der Waals surface area contributed by atoms with Crippen LogP contribution in [0.3, 0.4) is 0 Å². The zero-order chi connectivity index (χ0) is 20.4. The molecule has 0 radical (unpaired) electrons. The molecule has 1 aliphatic heterocycles. The second-order valence-electron chi connectivity index (χ2n) is 7.17. The molecular formula is C22H21FN4O2. The Morgan fingerprint density at radius 2 is 1.93 bits per heavy atom. The number of benzene rings is 2. The lowest BCUT2D eigenvalue weighted by molar-refractivity contribution is 0.0745. The zero-order valence-electron chi connectivity index (χ0n) is 16.1. The fraction of sp³-hybridized carbons (Fsp3) is 0.227. The maximum atomic E-state index is 13.1. The van der Waals surface area contributed by atoms with E-state index in [1.165, 1.54) is 18.2 Å². The van der Waals surface area contributed by atoms with Gasteiger partial charge in [-0.15, -0.1) is 0 Å². The summed E-state index contributed by atoms with van der Waals surface area (Å²) >= 11 is 0. The number of aryl methyl sites for hydroxylation is 2. The van der Waals surface area contributed by atoms with Crippen LogP contribution in [0.5, 0.6) is 0 Å². The SMILES string of the molecule is Cc1cccc(NC(=O)c2cc3n(n2)CCCN(Cc2ccc(F)cc2)C3=O)c1. The van der Waals surface area contributed by atoms with Gasteiger partial charge in [0.25, 0.3) is 11.8 Å². The number of amides is 2. The molecule has 7 heteroatoms. The standard InChI is InChI=1S/C22H21FN4O2/c1-15-4-2-5-18(12-15)24-21(28)19-13-20-22(29)26(10-3-11-27(20)25-19)14-16-6-8-17(23)9-7-16/h2,4-9,12-13H,3,10-11,14H2,1H3,(H,24,28). The van der Waals surface area contributed by atoms with E-state index in [4.69, 9.17) is 0 Å². The summed E-state index contributed by atoms with van der Waals surface area (Å²) in [7, 11) is 0. The average molecular weight is 392 g/mol. The van der Waals surface area contributed by atoms with Crippen molar-refractivity contribution in [3.05, 3.63) is 82.9 Å². The normalized spacial score (nSPS) is 13.7. The lowest BCUT2D eigenvalue weighted by Gasteiger charge is -2.20. The number of anilines is 1. The minimum absolute atomic E-state index is 0.186. The highest BCUT2D eigenvalue weighted by atomic mass is 19.1. The molecule has 4 rings (SSSR count). The van der Waals surface area contributed by atoms with Gasteiger partial charge < -0.3 is 10.2 Å². The second kappa shape index (κ2) is 7.87. The van der Waals surface area contributed by atoms with E-state index in [1.54, 1.807) is 21.7 Å². The summed E-state index contributed by atoms with van der Waals surface area (Å²) in [5.41, 5.74) is 3.17. The third-order valence-electron chi connectivity index (χ3n) is 4.88. The summed E-state index contributed by atoms with van der Waals surface area (Å²) in [4.78, 5) is 27.3. The van der Waals surface area contributed by atoms with Crippen LogP contribution in [0.25, 0.3) is 0 Å². The van der Waals surface area contributed by atoms with E-state index in [9.17, 15) is 14.0 Å². The first kappa shape index (κ1) is 18.9. The lowest BCUT2D eigenvalue weighted by Crippen LogP contribution is -2.30. The highest BCUT2D eigenvalue weighted by Gasteiger charge is 2.26. The fourth-order valence-corrected chi connectivity index (χ4v) is 3.42. The van der Waals surface area contributed by atoms with Crippen LogP contribution in [0.1, 0.15) is 38.5 Å². The first-order chi connectivity index (χ1) is 14.0. The molecule has 2 aromatic carbocycles. The van der Waals surface area contributed by atoms with Crippen LogP contribution < -0.4 is 5.32 Å². The first-order valence-corrected chi connectivity index (χ1v) is 9.49. The molecule has 2 heterocycles. The highest BCUT2D eigenvalue weighted by molar-refractivity contribution is 6.04. The van der Waals surface area contributed by atoms with Gasteiger partial charge in [0, 0.05) is 31.4 Å². The lowest BCUT2D eigenvalue weighted by atomic mass is 10.2. The van der Waals surface area contributed by atoms with Crippen LogP contribution in [0.15, 0.2) is 54.6 Å². The number of halogens is 1. The average Bonchev–Trinajstić information content (AvgIpc) is 3.07. The van der Waals surface area contributed by atoms with E-state index in [0.29, 0.717) is 31.0 Å². The Kier molecular flexibility index (Phi) is 5.12. The van der Waals surface area contributed by atoms with E-state index >= 15 is 0 Å². The van der Waals surface area contributed by atoms with Gasteiger partial charge in [0.05, 0.1) is 0 Å². The second-order valence-corrected chi connectivity index (χ2v) is 7.17. The third kappa shape index (κ3) is 4.18. The van der Waals surface area contributed by atoms with Crippen molar-refractivity contribution < 1.29 is 14.0 Å². The van der Waals surface area contributed by atoms with Gasteiger partial charge in [0.1, 0.15) is 11.5 Å². The topological polar surface area (TPSA) is 67.2 Å². The number of nitrogens with one attached hydrogen (secondary N) is 1. The summed E-state index contributed by atoms with van der Waals surface area (Å²) in [5.74, 6) is -0.846. The molecule has 0 saturated carbocycles. The molecule has 6 nitrogen and oxygen atoms in total. The minimum atomic E-state index is -0.353. The van der Waals surface area contributed by atoms with Crippen molar-refractivity contribution in [2.75, 3.05) is 11.9 Å². The summed E-state index contributed by atoms with van der Waals surface area (Å²) in [6, 6.07) is 15.1. The number of hydrogen-bond acceptors (Lipinski definition) is 3. The maximum absolute atomic E-state index is 13.1. The molecule has 148 valence electrons. The summed E-state index contributed by atoms with van der Waals surface area (Å²) < 4.78 is 14.7. The maximum Gasteiger partial charge on any atom is 0.276 e. The van der Waals surface area contributed by atoms with Crippen LogP contribution in [-0.2, 0) is 13.1 Å². The van der Waals surface area contributed by atoms with Crippen molar-refractivity contribution in [1.29, 1.82) is 0 Å². The number of rotatable bonds is 4. The number of nitrogens with zero attached hydrogens (tertiary/aromatic N) is 3. The molecular weight excluding hydrogens is 371 g/mol. The third-order valence-corrected chi connectivity index (χ3v) is 4.88. The van der Waals surface area contributed by atoms with Crippen LogP contribution in [0, 0.1) is 12.7 Å². The summed E-state index contributed by atoms with van der Waals surface area (Å²) in [6.45, 7) is 3.46. The Labute approximate surface area is 167 Å². The Hall–Kier alpha value is -3.48. The van der Waals surface area contributed by atoms with Crippen molar-refractivity contribution >= 4 is 17.5 Å². The van der Waals surface area contributed by atoms with Gasteiger partial charge in [-0.2, -0.15) is 5.10 Å². The van der Waals surface area contributed by atoms with E-state index in [0.717, 1.165) is 17.5 Å². The molecule has 1 aliphatic rings. The number of carbonyl (C=O) groups is 2. The molecule has 0 aliphatic carbocycles. The Balaban J connectivity index is 1.53. The fourth-order valence-electron chi connectivity index (χ4n) is 3.42. The van der Waals surface area contributed by atoms with Crippen molar-refractivity contribution in [3.8, 4) is 0 Å². The molecule has 0 spiro atoms. The Morgan fingerprint density at radius 3 is 2.69 bits per heavy atom. The van der Waals surface area contributed by atoms with Crippen molar-refractivity contribution in [2.24, 2.45) is 0 Å². The van der Waals surface area contributed by atoms with Gasteiger partial charge in [-0.05, 0) is 48.7 Å². The molecule has 0 bridgehead atoms. The van der Waals surface area contributed by atoms with E-state index in [1.807, 2.05) is 31.2 Å². The van der Waals surface area contributed by atoms with Crippen LogP contribution in [-0.4, -0.2) is 33.0 Å². The number of fused-ring (bicyclic) bond motifs is 1. The molecule has 1 aromatic heterocycles. The summed E-state index contributed by atoms with van der Waals surface area (Å²) in [6.07, 6.45) is 0.723.